The Kier molecular flexibility index (Phi) is 3.84. The number of hydrogen-bond acceptors (Lipinski definition) is 5. The van der Waals surface area contributed by atoms with Crippen LogP contribution in [0, 0.1) is 13.8 Å². The molecule has 7 nitrogen and oxygen atoms in total. The molecule has 0 spiro atoms. The molecule has 3 heterocycles. The molecule has 3 aromatic rings. The molecular weight excluding hydrogens is 330 g/mol. The molecule has 0 bridgehead atoms. The smallest absolute Gasteiger partial charge is 0.268 e. The lowest BCUT2D eigenvalue weighted by atomic mass is 10.1. The third kappa shape index (κ3) is 2.67. The molecule has 1 aliphatic heterocycles. The second-order valence-electron chi connectivity index (χ2n) is 6.28. The lowest BCUT2D eigenvalue weighted by Crippen LogP contribution is -2.35. The summed E-state index contributed by atoms with van der Waals surface area (Å²) in [6.07, 6.45) is 1.70. The third-order valence-electron chi connectivity index (χ3n) is 4.64. The predicted molar refractivity (Wildman–Crippen MR) is 98.7 cm³/mol. The number of aromatic hydroxyl groups is 1. The van der Waals surface area contributed by atoms with E-state index in [1.54, 1.807) is 30.5 Å². The molecule has 4 rings (SSSR count). The summed E-state index contributed by atoms with van der Waals surface area (Å²) in [6, 6.07) is 8.55. The minimum Gasteiger partial charge on any atom is -0.508 e. The van der Waals surface area contributed by atoms with Gasteiger partial charge in [0.1, 0.15) is 11.4 Å². The normalized spacial score (nSPS) is 13.2. The van der Waals surface area contributed by atoms with Crippen LogP contribution in [0.4, 0.5) is 11.6 Å². The Balaban J connectivity index is 1.73. The van der Waals surface area contributed by atoms with Crippen LogP contribution >= 0.6 is 0 Å². The topological polar surface area (TPSA) is 92.1 Å². The number of phenolic OH excluding ortho intramolecular Hbond substituents is 1. The average Bonchev–Trinajstić information content (AvgIpc) is 2.89. The number of phenols is 1. The molecule has 0 fully saturated rings. The third-order valence-corrected chi connectivity index (χ3v) is 4.64. The molecule has 26 heavy (non-hydrogen) atoms. The van der Waals surface area contributed by atoms with Gasteiger partial charge in [0.25, 0.3) is 5.91 Å². The van der Waals surface area contributed by atoms with Crippen molar-refractivity contribution in [3.8, 4) is 17.0 Å². The zero-order valence-electron chi connectivity index (χ0n) is 14.6. The van der Waals surface area contributed by atoms with E-state index in [1.165, 1.54) is 0 Å². The molecule has 3 N–H and O–H groups in total. The van der Waals surface area contributed by atoms with Crippen molar-refractivity contribution in [2.75, 3.05) is 11.9 Å². The van der Waals surface area contributed by atoms with Crippen LogP contribution in [0.25, 0.3) is 11.3 Å². The van der Waals surface area contributed by atoms with E-state index >= 15 is 0 Å². The molecule has 2 aromatic heterocycles. The van der Waals surface area contributed by atoms with Crippen LogP contribution in [0.3, 0.4) is 0 Å². The highest BCUT2D eigenvalue weighted by Crippen LogP contribution is 2.32. The zero-order chi connectivity index (χ0) is 18.3. The van der Waals surface area contributed by atoms with Crippen molar-refractivity contribution in [2.45, 2.75) is 20.4 Å². The Labute approximate surface area is 150 Å². The van der Waals surface area contributed by atoms with Gasteiger partial charge >= 0.3 is 0 Å². The van der Waals surface area contributed by atoms with E-state index in [-0.39, 0.29) is 11.7 Å². The highest BCUT2D eigenvalue weighted by Gasteiger charge is 2.26. The summed E-state index contributed by atoms with van der Waals surface area (Å²) < 4.78 is 2.05. The van der Waals surface area contributed by atoms with Gasteiger partial charge in [-0.3, -0.25) is 4.79 Å². The fourth-order valence-electron chi connectivity index (χ4n) is 3.44. The number of anilines is 2. The van der Waals surface area contributed by atoms with Crippen LogP contribution in [0.2, 0.25) is 0 Å². The van der Waals surface area contributed by atoms with Gasteiger partial charge in [0.2, 0.25) is 5.95 Å². The molecule has 132 valence electrons. The first-order chi connectivity index (χ1) is 12.5. The number of carbonyl (C=O) groups excluding carboxylic acids is 1. The Morgan fingerprint density at radius 2 is 1.96 bits per heavy atom. The summed E-state index contributed by atoms with van der Waals surface area (Å²) in [6.45, 7) is 5.36. The molecule has 0 saturated heterocycles. The maximum Gasteiger partial charge on any atom is 0.268 e. The van der Waals surface area contributed by atoms with E-state index < -0.39 is 0 Å². The maximum absolute atomic E-state index is 12.2. The lowest BCUT2D eigenvalue weighted by Gasteiger charge is -2.17. The number of rotatable bonds is 3. The summed E-state index contributed by atoms with van der Waals surface area (Å²) in [5, 5.41) is 15.4. The van der Waals surface area contributed by atoms with Crippen molar-refractivity contribution in [3.63, 3.8) is 0 Å². The molecule has 0 aliphatic carbocycles. The molecule has 0 unspecified atom stereocenters. The molecule has 1 aromatic carbocycles. The molecule has 1 aliphatic rings. The van der Waals surface area contributed by atoms with E-state index in [1.807, 2.05) is 19.9 Å². The van der Waals surface area contributed by atoms with Gasteiger partial charge in [0.05, 0.1) is 5.69 Å². The molecule has 7 heteroatoms. The van der Waals surface area contributed by atoms with Gasteiger partial charge in [0, 0.05) is 36.2 Å². The van der Waals surface area contributed by atoms with E-state index in [4.69, 9.17) is 0 Å². The van der Waals surface area contributed by atoms with E-state index in [0.717, 1.165) is 34.7 Å². The summed E-state index contributed by atoms with van der Waals surface area (Å²) >= 11 is 0. The Hall–Kier alpha value is -3.35. The van der Waals surface area contributed by atoms with Crippen molar-refractivity contribution in [1.29, 1.82) is 0 Å². The Morgan fingerprint density at radius 3 is 2.69 bits per heavy atom. The van der Waals surface area contributed by atoms with Gasteiger partial charge in [-0.05, 0) is 49.7 Å². The van der Waals surface area contributed by atoms with Gasteiger partial charge in [0.15, 0.2) is 0 Å². The van der Waals surface area contributed by atoms with Crippen LogP contribution in [0.1, 0.15) is 21.7 Å². The summed E-state index contributed by atoms with van der Waals surface area (Å²) in [7, 11) is 0. The number of nitrogens with one attached hydrogen (secondary N) is 2. The number of carbonyl (C=O) groups is 1. The Morgan fingerprint density at radius 1 is 1.19 bits per heavy atom. The highest BCUT2D eigenvalue weighted by atomic mass is 16.3. The summed E-state index contributed by atoms with van der Waals surface area (Å²) in [4.78, 5) is 21.1. The molecular formula is C19H19N5O2. The average molecular weight is 349 g/mol. The van der Waals surface area contributed by atoms with Gasteiger partial charge in [-0.15, -0.1) is 0 Å². The van der Waals surface area contributed by atoms with Crippen molar-refractivity contribution >= 4 is 17.5 Å². The van der Waals surface area contributed by atoms with Gasteiger partial charge in [-0.1, -0.05) is 0 Å². The SMILES string of the molecule is Cc1c(-c2ccnc(Nc3ccc(O)cc3)n2)c(C)n2c1C(=O)NCC2. The van der Waals surface area contributed by atoms with Crippen LogP contribution in [0.5, 0.6) is 5.75 Å². The van der Waals surface area contributed by atoms with Crippen molar-refractivity contribution in [1.82, 2.24) is 19.9 Å². The number of nitrogens with zero attached hydrogens (tertiary/aromatic N) is 3. The van der Waals surface area contributed by atoms with Gasteiger partial charge in [-0.2, -0.15) is 0 Å². The first-order valence-corrected chi connectivity index (χ1v) is 8.42. The van der Waals surface area contributed by atoms with Crippen molar-refractivity contribution in [3.05, 3.63) is 53.5 Å². The number of aromatic nitrogens is 3. The zero-order valence-corrected chi connectivity index (χ0v) is 14.6. The van der Waals surface area contributed by atoms with E-state index in [0.29, 0.717) is 18.2 Å². The summed E-state index contributed by atoms with van der Waals surface area (Å²) in [5.74, 6) is 0.620. The molecule has 0 saturated carbocycles. The highest BCUT2D eigenvalue weighted by molar-refractivity contribution is 5.97. The van der Waals surface area contributed by atoms with Crippen LogP contribution in [-0.4, -0.2) is 32.1 Å². The van der Waals surface area contributed by atoms with Crippen molar-refractivity contribution < 1.29 is 9.90 Å². The minimum absolute atomic E-state index is 0.0420. The van der Waals surface area contributed by atoms with Crippen LogP contribution in [-0.2, 0) is 6.54 Å². The molecule has 1 amide bonds. The quantitative estimate of drug-likeness (QED) is 0.633. The number of amides is 1. The summed E-state index contributed by atoms with van der Waals surface area (Å²) in [5.41, 5.74) is 5.18. The Bertz CT molecular complexity index is 992. The predicted octanol–water partition coefficient (Wildman–Crippen LogP) is 2.75. The largest absolute Gasteiger partial charge is 0.508 e. The second kappa shape index (κ2) is 6.18. The molecule has 0 atom stereocenters. The lowest BCUT2D eigenvalue weighted by molar-refractivity contribution is 0.0926. The van der Waals surface area contributed by atoms with Crippen molar-refractivity contribution in [2.24, 2.45) is 0 Å². The van der Waals surface area contributed by atoms with Crippen LogP contribution < -0.4 is 10.6 Å². The standard InChI is InChI=1S/C19H19N5O2/c1-11-16(12(2)24-10-9-20-18(26)17(11)24)15-7-8-21-19(23-15)22-13-3-5-14(25)6-4-13/h3-8,25H,9-10H2,1-2H3,(H,20,26)(H,21,22,23). The first kappa shape index (κ1) is 16.1. The monoisotopic (exact) mass is 349 g/mol. The van der Waals surface area contributed by atoms with Crippen LogP contribution in [0.15, 0.2) is 36.5 Å². The van der Waals surface area contributed by atoms with E-state index in [2.05, 4.69) is 25.2 Å². The van der Waals surface area contributed by atoms with E-state index in [9.17, 15) is 9.90 Å². The minimum atomic E-state index is -0.0420. The maximum atomic E-state index is 12.2. The second-order valence-corrected chi connectivity index (χ2v) is 6.28. The van der Waals surface area contributed by atoms with Gasteiger partial charge in [-0.25, -0.2) is 9.97 Å². The number of hydrogen-bond donors (Lipinski definition) is 3. The molecule has 0 radical (unpaired) electrons. The first-order valence-electron chi connectivity index (χ1n) is 8.42. The fourth-order valence-corrected chi connectivity index (χ4v) is 3.44. The number of fused-ring (bicyclic) bond motifs is 1. The fraction of sp³-hybridized carbons (Fsp3) is 0.211. The number of benzene rings is 1. The van der Waals surface area contributed by atoms with Gasteiger partial charge < -0.3 is 20.3 Å².